The number of rotatable bonds is 6. The van der Waals surface area contributed by atoms with Crippen molar-refractivity contribution in [2.45, 2.75) is 52.0 Å². The number of ether oxygens (including phenoxy) is 1. The Morgan fingerprint density at radius 1 is 1.30 bits per heavy atom. The fourth-order valence-electron chi connectivity index (χ4n) is 3.50. The van der Waals surface area contributed by atoms with E-state index < -0.39 is 0 Å². The van der Waals surface area contributed by atoms with Gasteiger partial charge in [-0.3, -0.25) is 4.98 Å². The van der Waals surface area contributed by atoms with Crippen LogP contribution in [0.2, 0.25) is 0 Å². The lowest BCUT2D eigenvalue weighted by atomic mass is 9.76. The van der Waals surface area contributed by atoms with Crippen molar-refractivity contribution >= 4 is 0 Å². The Labute approximate surface area is 123 Å². The molecular weight excluding hydrogens is 248 g/mol. The van der Waals surface area contributed by atoms with Crippen LogP contribution < -0.4 is 10.1 Å². The molecular formula is C17H28N2O. The van der Waals surface area contributed by atoms with Gasteiger partial charge in [0.25, 0.3) is 0 Å². The van der Waals surface area contributed by atoms with E-state index in [9.17, 15) is 0 Å². The average Bonchev–Trinajstić information content (AvgIpc) is 2.53. The minimum atomic E-state index is 0.399. The fourth-order valence-corrected chi connectivity index (χ4v) is 3.50. The first-order valence-electron chi connectivity index (χ1n) is 8.01. The van der Waals surface area contributed by atoms with Crippen LogP contribution in [0.3, 0.4) is 0 Å². The molecule has 1 unspecified atom stereocenters. The molecule has 0 aromatic carbocycles. The van der Waals surface area contributed by atoms with Gasteiger partial charge in [0.05, 0.1) is 13.3 Å². The third kappa shape index (κ3) is 3.51. The van der Waals surface area contributed by atoms with Crippen LogP contribution in [-0.4, -0.2) is 18.6 Å². The highest BCUT2D eigenvalue weighted by atomic mass is 16.5. The number of hydrogen-bond donors (Lipinski definition) is 1. The molecule has 0 aliphatic heterocycles. The summed E-state index contributed by atoms with van der Waals surface area (Å²) in [5.41, 5.74) is 1.27. The fraction of sp³-hybridized carbons (Fsp3) is 0.706. The Kier molecular flexibility index (Phi) is 5.84. The maximum absolute atomic E-state index is 5.50. The lowest BCUT2D eigenvalue weighted by molar-refractivity contribution is 0.217. The third-order valence-corrected chi connectivity index (χ3v) is 4.74. The van der Waals surface area contributed by atoms with Crippen molar-refractivity contribution in [3.8, 4) is 5.75 Å². The summed E-state index contributed by atoms with van der Waals surface area (Å²) in [7, 11) is 1.73. The Morgan fingerprint density at radius 3 is 2.65 bits per heavy atom. The first-order chi connectivity index (χ1) is 9.80. The van der Waals surface area contributed by atoms with Crippen molar-refractivity contribution < 1.29 is 4.74 Å². The molecule has 1 N–H and O–H groups in total. The molecule has 1 heterocycles. The van der Waals surface area contributed by atoms with Gasteiger partial charge in [-0.25, -0.2) is 0 Å². The van der Waals surface area contributed by atoms with Crippen LogP contribution >= 0.6 is 0 Å². The van der Waals surface area contributed by atoms with Crippen molar-refractivity contribution in [1.29, 1.82) is 0 Å². The van der Waals surface area contributed by atoms with Crippen molar-refractivity contribution in [2.75, 3.05) is 13.7 Å². The molecule has 0 radical (unpaired) electrons. The van der Waals surface area contributed by atoms with Gasteiger partial charge in [0.1, 0.15) is 5.75 Å². The van der Waals surface area contributed by atoms with Crippen molar-refractivity contribution in [3.05, 3.63) is 24.0 Å². The summed E-state index contributed by atoms with van der Waals surface area (Å²) in [5.74, 6) is 2.57. The van der Waals surface area contributed by atoms with Crippen LogP contribution in [0, 0.1) is 11.8 Å². The van der Waals surface area contributed by atoms with E-state index in [1.165, 1.54) is 37.7 Å². The van der Waals surface area contributed by atoms with Gasteiger partial charge in [0.2, 0.25) is 0 Å². The maximum Gasteiger partial charge on any atom is 0.141 e. The lowest BCUT2D eigenvalue weighted by Gasteiger charge is -2.34. The predicted octanol–water partition coefficient (Wildman–Crippen LogP) is 3.96. The average molecular weight is 276 g/mol. The summed E-state index contributed by atoms with van der Waals surface area (Å²) in [6.45, 7) is 5.49. The number of methoxy groups -OCH3 is 1. The summed E-state index contributed by atoms with van der Waals surface area (Å²) < 4.78 is 5.50. The Balaban J connectivity index is 2.14. The van der Waals surface area contributed by atoms with E-state index in [4.69, 9.17) is 4.74 Å². The van der Waals surface area contributed by atoms with Gasteiger partial charge in [0, 0.05) is 17.8 Å². The molecule has 1 fully saturated rings. The zero-order valence-electron chi connectivity index (χ0n) is 13.1. The molecule has 1 saturated carbocycles. The Morgan fingerprint density at radius 2 is 2.05 bits per heavy atom. The number of hydrogen-bond acceptors (Lipinski definition) is 3. The highest BCUT2D eigenvalue weighted by Crippen LogP contribution is 2.40. The Hall–Kier alpha value is -1.09. The second-order valence-electron chi connectivity index (χ2n) is 5.84. The summed E-state index contributed by atoms with van der Waals surface area (Å²) in [4.78, 5) is 4.18. The summed E-state index contributed by atoms with van der Waals surface area (Å²) in [6, 6.07) is 2.51. The van der Waals surface area contributed by atoms with Gasteiger partial charge in [-0.2, -0.15) is 0 Å². The van der Waals surface area contributed by atoms with Crippen LogP contribution in [0.4, 0.5) is 0 Å². The molecule has 112 valence electrons. The molecule has 0 bridgehead atoms. The van der Waals surface area contributed by atoms with E-state index in [-0.39, 0.29) is 0 Å². The van der Waals surface area contributed by atoms with Crippen molar-refractivity contribution in [2.24, 2.45) is 11.8 Å². The maximum atomic E-state index is 5.50. The van der Waals surface area contributed by atoms with Crippen molar-refractivity contribution in [3.63, 3.8) is 0 Å². The van der Waals surface area contributed by atoms with Crippen LogP contribution in [0.5, 0.6) is 5.75 Å². The number of aromatic nitrogens is 1. The van der Waals surface area contributed by atoms with E-state index >= 15 is 0 Å². The molecule has 1 aromatic heterocycles. The van der Waals surface area contributed by atoms with Gasteiger partial charge in [-0.15, -0.1) is 0 Å². The van der Waals surface area contributed by atoms with Gasteiger partial charge in [-0.05, 0) is 37.3 Å². The highest BCUT2D eigenvalue weighted by molar-refractivity contribution is 5.33. The van der Waals surface area contributed by atoms with E-state index in [1.54, 1.807) is 7.11 Å². The van der Waals surface area contributed by atoms with E-state index in [0.29, 0.717) is 12.0 Å². The molecule has 1 aliphatic rings. The monoisotopic (exact) mass is 276 g/mol. The quantitative estimate of drug-likeness (QED) is 0.854. The normalized spacial score (nSPS) is 24.4. The van der Waals surface area contributed by atoms with E-state index in [2.05, 4.69) is 30.2 Å². The van der Waals surface area contributed by atoms with E-state index in [0.717, 1.165) is 18.2 Å². The molecule has 0 amide bonds. The van der Waals surface area contributed by atoms with Crippen molar-refractivity contribution in [1.82, 2.24) is 10.3 Å². The summed E-state index contributed by atoms with van der Waals surface area (Å²) >= 11 is 0. The molecule has 20 heavy (non-hydrogen) atoms. The summed E-state index contributed by atoms with van der Waals surface area (Å²) in [5, 5.41) is 3.67. The molecule has 1 atom stereocenters. The zero-order valence-corrected chi connectivity index (χ0v) is 13.1. The van der Waals surface area contributed by atoms with Gasteiger partial charge < -0.3 is 10.1 Å². The van der Waals surface area contributed by atoms with Crippen LogP contribution in [-0.2, 0) is 0 Å². The molecule has 2 rings (SSSR count). The second-order valence-corrected chi connectivity index (χ2v) is 5.84. The minimum absolute atomic E-state index is 0.399. The first kappa shape index (κ1) is 15.3. The second kappa shape index (κ2) is 7.63. The molecule has 0 spiro atoms. The van der Waals surface area contributed by atoms with Crippen LogP contribution in [0.25, 0.3) is 0 Å². The largest absolute Gasteiger partial charge is 0.495 e. The predicted molar refractivity (Wildman–Crippen MR) is 82.9 cm³/mol. The van der Waals surface area contributed by atoms with Gasteiger partial charge in [-0.1, -0.05) is 33.1 Å². The molecule has 3 nitrogen and oxygen atoms in total. The number of pyridine rings is 1. The smallest absolute Gasteiger partial charge is 0.141 e. The lowest BCUT2D eigenvalue weighted by Crippen LogP contribution is -2.31. The van der Waals surface area contributed by atoms with Gasteiger partial charge in [0.15, 0.2) is 0 Å². The van der Waals surface area contributed by atoms with Gasteiger partial charge >= 0.3 is 0 Å². The van der Waals surface area contributed by atoms with E-state index in [1.807, 2.05) is 12.4 Å². The highest BCUT2D eigenvalue weighted by Gasteiger charge is 2.29. The molecule has 1 aliphatic carbocycles. The number of nitrogens with one attached hydrogen (secondary N) is 1. The van der Waals surface area contributed by atoms with Crippen LogP contribution in [0.15, 0.2) is 18.5 Å². The summed E-state index contributed by atoms with van der Waals surface area (Å²) in [6.07, 6.45) is 10.4. The number of nitrogens with zero attached hydrogens (tertiary/aromatic N) is 1. The Bertz CT molecular complexity index is 400. The molecule has 1 aromatic rings. The first-order valence-corrected chi connectivity index (χ1v) is 8.01. The standard InChI is InChI=1S/C17H28N2O/c1-4-13-6-8-14(9-7-13)17(19-5-2)15-10-11-18-12-16(15)20-3/h10-14,17,19H,4-9H2,1-3H3. The molecule has 3 heteroatoms. The minimum Gasteiger partial charge on any atom is -0.495 e. The SMILES string of the molecule is CCNC(c1ccncc1OC)C1CCC(CC)CC1. The molecule has 0 saturated heterocycles. The topological polar surface area (TPSA) is 34.2 Å². The third-order valence-electron chi connectivity index (χ3n) is 4.74. The van der Waals surface area contributed by atoms with Crippen LogP contribution in [0.1, 0.15) is 57.6 Å². The zero-order chi connectivity index (χ0) is 14.4.